The fourth-order valence-electron chi connectivity index (χ4n) is 2.24. The molecule has 0 aromatic heterocycles. The van der Waals surface area contributed by atoms with Crippen molar-refractivity contribution in [3.63, 3.8) is 0 Å². The molecule has 1 N–H and O–H groups in total. The van der Waals surface area contributed by atoms with Crippen LogP contribution < -0.4 is 0 Å². The summed E-state index contributed by atoms with van der Waals surface area (Å²) in [4.78, 5) is 14.1. The number of rotatable bonds is 3. The summed E-state index contributed by atoms with van der Waals surface area (Å²) in [6, 6.07) is 7.78. The van der Waals surface area contributed by atoms with E-state index in [2.05, 4.69) is 0 Å². The van der Waals surface area contributed by atoms with Crippen molar-refractivity contribution in [3.8, 4) is 0 Å². The molecule has 0 saturated heterocycles. The second-order valence-electron chi connectivity index (χ2n) is 4.57. The molecule has 17 heavy (non-hydrogen) atoms. The molecule has 1 atom stereocenters. The van der Waals surface area contributed by atoms with E-state index < -0.39 is 6.10 Å². The highest BCUT2D eigenvalue weighted by molar-refractivity contribution is 5.96. The fourth-order valence-corrected chi connectivity index (χ4v) is 2.24. The second-order valence-corrected chi connectivity index (χ2v) is 4.57. The molecule has 1 aromatic carbocycles. The zero-order valence-electron chi connectivity index (χ0n) is 10.2. The van der Waals surface area contributed by atoms with E-state index in [0.717, 1.165) is 30.5 Å². The third-order valence-corrected chi connectivity index (χ3v) is 3.31. The van der Waals surface area contributed by atoms with Crippen molar-refractivity contribution in [3.05, 3.63) is 35.4 Å². The second kappa shape index (κ2) is 5.32. The summed E-state index contributed by atoms with van der Waals surface area (Å²) in [5.74, 6) is 0.0607. The smallest absolute Gasteiger partial charge is 0.254 e. The van der Waals surface area contributed by atoms with Crippen molar-refractivity contribution >= 4 is 5.91 Å². The number of aliphatic hydroxyl groups excluding tert-OH is 1. The maximum Gasteiger partial charge on any atom is 0.254 e. The quantitative estimate of drug-likeness (QED) is 0.865. The Labute approximate surface area is 102 Å². The van der Waals surface area contributed by atoms with Crippen molar-refractivity contribution in [2.75, 3.05) is 13.1 Å². The molecule has 92 valence electrons. The molecule has 0 aliphatic carbocycles. The maximum atomic E-state index is 12.3. The van der Waals surface area contributed by atoms with Gasteiger partial charge in [0.25, 0.3) is 5.91 Å². The van der Waals surface area contributed by atoms with E-state index in [1.165, 1.54) is 0 Å². The number of benzene rings is 1. The van der Waals surface area contributed by atoms with Crippen LogP contribution in [0.25, 0.3) is 0 Å². The number of aryl methyl sites for hydroxylation is 1. The van der Waals surface area contributed by atoms with Crippen LogP contribution in [0.5, 0.6) is 0 Å². The maximum absolute atomic E-state index is 12.3. The number of aliphatic hydroxyl groups is 1. The summed E-state index contributed by atoms with van der Waals surface area (Å²) in [7, 11) is 0. The van der Waals surface area contributed by atoms with E-state index in [9.17, 15) is 9.90 Å². The molecule has 0 radical (unpaired) electrons. The van der Waals surface area contributed by atoms with Crippen LogP contribution in [0.1, 0.15) is 35.7 Å². The Morgan fingerprint density at radius 2 is 2.18 bits per heavy atom. The summed E-state index contributed by atoms with van der Waals surface area (Å²) in [5, 5.41) is 9.67. The van der Waals surface area contributed by atoms with Crippen LogP contribution in [-0.4, -0.2) is 35.1 Å². The molecule has 1 aromatic rings. The van der Waals surface area contributed by atoms with Gasteiger partial charge < -0.3 is 10.0 Å². The lowest BCUT2D eigenvalue weighted by Crippen LogP contribution is -2.37. The van der Waals surface area contributed by atoms with Gasteiger partial charge in [-0.2, -0.15) is 0 Å². The van der Waals surface area contributed by atoms with Gasteiger partial charge in [-0.25, -0.2) is 0 Å². The lowest BCUT2D eigenvalue weighted by Gasteiger charge is -2.23. The number of carbonyl (C=O) groups is 1. The van der Waals surface area contributed by atoms with Crippen LogP contribution in [0, 0.1) is 0 Å². The molecular formula is C14H19NO2. The van der Waals surface area contributed by atoms with Gasteiger partial charge in [0, 0.05) is 18.7 Å². The van der Waals surface area contributed by atoms with Gasteiger partial charge in [-0.15, -0.1) is 0 Å². The van der Waals surface area contributed by atoms with E-state index in [1.54, 1.807) is 4.90 Å². The van der Waals surface area contributed by atoms with Crippen LogP contribution in [-0.2, 0) is 6.42 Å². The number of hydrogen-bond donors (Lipinski definition) is 1. The molecule has 1 aliphatic rings. The van der Waals surface area contributed by atoms with E-state index in [1.807, 2.05) is 31.2 Å². The first-order valence-corrected chi connectivity index (χ1v) is 6.27. The van der Waals surface area contributed by atoms with Gasteiger partial charge in [0.15, 0.2) is 0 Å². The zero-order chi connectivity index (χ0) is 12.3. The van der Waals surface area contributed by atoms with Gasteiger partial charge >= 0.3 is 0 Å². The molecule has 2 rings (SSSR count). The molecule has 1 unspecified atom stereocenters. The van der Waals surface area contributed by atoms with Gasteiger partial charge in [-0.3, -0.25) is 4.79 Å². The highest BCUT2D eigenvalue weighted by atomic mass is 16.3. The van der Waals surface area contributed by atoms with E-state index in [-0.39, 0.29) is 5.91 Å². The standard InChI is InChI=1S/C14H19NO2/c1-2-12(16)10-15-9-5-7-11-6-3-4-8-13(11)14(15)17/h3-4,6,8,12,16H,2,5,7,9-10H2,1H3. The number of nitrogens with zero attached hydrogens (tertiary/aromatic N) is 1. The normalized spacial score (nSPS) is 17.5. The molecule has 3 nitrogen and oxygen atoms in total. The van der Waals surface area contributed by atoms with Crippen LogP contribution >= 0.6 is 0 Å². The van der Waals surface area contributed by atoms with Crippen LogP contribution in [0.15, 0.2) is 24.3 Å². The van der Waals surface area contributed by atoms with Crippen LogP contribution in [0.2, 0.25) is 0 Å². The fraction of sp³-hybridized carbons (Fsp3) is 0.500. The van der Waals surface area contributed by atoms with Crippen molar-refractivity contribution in [2.45, 2.75) is 32.3 Å². The Bertz CT molecular complexity index is 403. The van der Waals surface area contributed by atoms with Crippen molar-refractivity contribution in [1.82, 2.24) is 4.90 Å². The van der Waals surface area contributed by atoms with Gasteiger partial charge in [0.2, 0.25) is 0 Å². The predicted octanol–water partition coefficient (Wildman–Crippen LogP) is 1.85. The lowest BCUT2D eigenvalue weighted by atomic mass is 10.0. The molecule has 0 bridgehead atoms. The van der Waals surface area contributed by atoms with E-state index in [0.29, 0.717) is 13.0 Å². The van der Waals surface area contributed by atoms with Gasteiger partial charge in [-0.1, -0.05) is 25.1 Å². The molecule has 1 amide bonds. The minimum absolute atomic E-state index is 0.0607. The lowest BCUT2D eigenvalue weighted by molar-refractivity contribution is 0.0623. The Kier molecular flexibility index (Phi) is 3.79. The molecule has 1 heterocycles. The summed E-state index contributed by atoms with van der Waals surface area (Å²) in [5.41, 5.74) is 1.93. The highest BCUT2D eigenvalue weighted by Gasteiger charge is 2.23. The first-order valence-electron chi connectivity index (χ1n) is 6.27. The largest absolute Gasteiger partial charge is 0.391 e. The Hall–Kier alpha value is -1.35. The molecule has 3 heteroatoms. The topological polar surface area (TPSA) is 40.5 Å². The number of hydrogen-bond acceptors (Lipinski definition) is 2. The summed E-state index contributed by atoms with van der Waals surface area (Å²) in [6.45, 7) is 3.12. The molecule has 0 fully saturated rings. The number of β-amino-alcohol motifs (C(OH)–C–C–N with tert-alkyl or cyclic N) is 1. The van der Waals surface area contributed by atoms with Gasteiger partial charge in [-0.05, 0) is 30.9 Å². The van der Waals surface area contributed by atoms with Crippen LogP contribution in [0.3, 0.4) is 0 Å². The molecule has 0 saturated carbocycles. The van der Waals surface area contributed by atoms with Gasteiger partial charge in [0.1, 0.15) is 0 Å². The average Bonchev–Trinajstić information content (AvgIpc) is 2.51. The monoisotopic (exact) mass is 233 g/mol. The predicted molar refractivity (Wildman–Crippen MR) is 67.0 cm³/mol. The van der Waals surface area contributed by atoms with Crippen molar-refractivity contribution < 1.29 is 9.90 Å². The van der Waals surface area contributed by atoms with E-state index in [4.69, 9.17) is 0 Å². The van der Waals surface area contributed by atoms with Crippen molar-refractivity contribution in [1.29, 1.82) is 0 Å². The summed E-state index contributed by atoms with van der Waals surface area (Å²) < 4.78 is 0. The minimum atomic E-state index is -0.413. The molecule has 0 spiro atoms. The Morgan fingerprint density at radius 1 is 1.41 bits per heavy atom. The molecule has 1 aliphatic heterocycles. The Morgan fingerprint density at radius 3 is 2.94 bits per heavy atom. The SMILES string of the molecule is CCC(O)CN1CCCc2ccccc2C1=O. The average molecular weight is 233 g/mol. The van der Waals surface area contributed by atoms with Gasteiger partial charge in [0.05, 0.1) is 6.10 Å². The third kappa shape index (κ3) is 2.67. The summed E-state index contributed by atoms with van der Waals surface area (Å²) in [6.07, 6.45) is 2.19. The first kappa shape index (κ1) is 12.1. The third-order valence-electron chi connectivity index (χ3n) is 3.31. The first-order chi connectivity index (χ1) is 8.22. The summed E-state index contributed by atoms with van der Waals surface area (Å²) >= 11 is 0. The Balaban J connectivity index is 2.20. The van der Waals surface area contributed by atoms with Crippen LogP contribution in [0.4, 0.5) is 0 Å². The van der Waals surface area contributed by atoms with E-state index >= 15 is 0 Å². The number of carbonyl (C=O) groups excluding carboxylic acids is 1. The molecular weight excluding hydrogens is 214 g/mol. The zero-order valence-corrected chi connectivity index (χ0v) is 10.2. The van der Waals surface area contributed by atoms with Crippen molar-refractivity contribution in [2.24, 2.45) is 0 Å². The number of fused-ring (bicyclic) bond motifs is 1. The minimum Gasteiger partial charge on any atom is -0.391 e. The number of amides is 1. The highest BCUT2D eigenvalue weighted by Crippen LogP contribution is 2.18.